The summed E-state index contributed by atoms with van der Waals surface area (Å²) in [6, 6.07) is 7.81. The number of anilines is 2. The Kier molecular flexibility index (Phi) is 4.77. The van der Waals surface area contributed by atoms with E-state index in [2.05, 4.69) is 5.10 Å². The average molecular weight is 398 g/mol. The second kappa shape index (κ2) is 7.27. The van der Waals surface area contributed by atoms with Crippen LogP contribution in [-0.4, -0.2) is 30.1 Å². The van der Waals surface area contributed by atoms with Gasteiger partial charge in [-0.3, -0.25) is 14.6 Å². The molecule has 0 fully saturated rings. The highest BCUT2D eigenvalue weighted by Gasteiger charge is 2.38. The lowest BCUT2D eigenvalue weighted by molar-refractivity contribution is -0.119. The van der Waals surface area contributed by atoms with E-state index in [0.29, 0.717) is 25.1 Å². The van der Waals surface area contributed by atoms with E-state index in [-0.39, 0.29) is 17.8 Å². The summed E-state index contributed by atoms with van der Waals surface area (Å²) in [6.45, 7) is 2.17. The molecule has 1 atom stereocenters. The molecule has 8 heteroatoms. The van der Waals surface area contributed by atoms with E-state index in [1.54, 1.807) is 0 Å². The minimum absolute atomic E-state index is 0.00482. The summed E-state index contributed by atoms with van der Waals surface area (Å²) in [5, 5.41) is 5.62. The van der Waals surface area contributed by atoms with Crippen LogP contribution < -0.4 is 15.6 Å². The van der Waals surface area contributed by atoms with Crippen molar-refractivity contribution in [2.45, 2.75) is 32.2 Å². The molecule has 2 aliphatic heterocycles. The van der Waals surface area contributed by atoms with Gasteiger partial charge in [-0.25, -0.2) is 8.78 Å². The molecule has 2 aliphatic rings. The van der Waals surface area contributed by atoms with Crippen molar-refractivity contribution < 1.29 is 18.4 Å². The molecule has 6 nitrogen and oxygen atoms in total. The maximum Gasteiger partial charge on any atom is 0.274 e. The number of primary amides is 1. The van der Waals surface area contributed by atoms with Crippen LogP contribution >= 0.6 is 0 Å². The first kappa shape index (κ1) is 19.0. The van der Waals surface area contributed by atoms with Crippen LogP contribution in [0.2, 0.25) is 0 Å². The molecule has 4 rings (SSSR count). The molecule has 29 heavy (non-hydrogen) atoms. The molecule has 150 valence electrons. The third-order valence-corrected chi connectivity index (χ3v) is 5.21. The standard InChI is InChI=1S/C21H20F2N4O2/c1-12-9-13-3-2-8-26(19(13)16(23)10-12)21(29)17-11-18(20(24)28)27(25-17)15-6-4-14(22)5-7-15/h4-7,9-10,18H,2-3,8,11H2,1H3,(H2,24,28). The Bertz CT molecular complexity index is 1020. The summed E-state index contributed by atoms with van der Waals surface area (Å²) in [6.07, 6.45) is 1.40. The second-order valence-corrected chi connectivity index (χ2v) is 7.30. The van der Waals surface area contributed by atoms with Crippen LogP contribution in [0.4, 0.5) is 20.2 Å². The highest BCUT2D eigenvalue weighted by molar-refractivity contribution is 6.45. The van der Waals surface area contributed by atoms with E-state index in [4.69, 9.17) is 5.73 Å². The van der Waals surface area contributed by atoms with E-state index in [0.717, 1.165) is 11.1 Å². The molecule has 0 radical (unpaired) electrons. The maximum absolute atomic E-state index is 14.7. The van der Waals surface area contributed by atoms with Gasteiger partial charge in [-0.15, -0.1) is 0 Å². The van der Waals surface area contributed by atoms with Crippen LogP contribution in [0.1, 0.15) is 24.0 Å². The molecule has 2 N–H and O–H groups in total. The van der Waals surface area contributed by atoms with Gasteiger partial charge in [-0.2, -0.15) is 5.10 Å². The highest BCUT2D eigenvalue weighted by Crippen LogP contribution is 2.33. The third-order valence-electron chi connectivity index (χ3n) is 5.21. The molecular formula is C21H20F2N4O2. The molecule has 2 aromatic carbocycles. The van der Waals surface area contributed by atoms with E-state index in [1.807, 2.05) is 13.0 Å². The molecule has 2 amide bonds. The molecule has 0 spiro atoms. The zero-order chi connectivity index (χ0) is 20.7. The molecule has 0 saturated heterocycles. The predicted molar refractivity (Wildman–Crippen MR) is 106 cm³/mol. The Morgan fingerprint density at radius 1 is 1.17 bits per heavy atom. The van der Waals surface area contributed by atoms with Gasteiger partial charge in [-0.1, -0.05) is 6.07 Å². The number of hydrazone groups is 1. The smallest absolute Gasteiger partial charge is 0.274 e. The van der Waals surface area contributed by atoms with Crippen molar-refractivity contribution in [3.63, 3.8) is 0 Å². The first-order chi connectivity index (χ1) is 13.8. The van der Waals surface area contributed by atoms with Crippen LogP contribution in [0.5, 0.6) is 0 Å². The minimum Gasteiger partial charge on any atom is -0.368 e. The number of benzene rings is 2. The number of fused-ring (bicyclic) bond motifs is 1. The Labute approximate surface area is 166 Å². The number of carbonyl (C=O) groups is 2. The molecule has 2 aromatic rings. The summed E-state index contributed by atoms with van der Waals surface area (Å²) in [5.41, 5.74) is 7.91. The van der Waals surface area contributed by atoms with Gasteiger partial charge in [0.05, 0.1) is 11.4 Å². The van der Waals surface area contributed by atoms with Crippen LogP contribution in [0.15, 0.2) is 41.5 Å². The van der Waals surface area contributed by atoms with Crippen LogP contribution in [-0.2, 0) is 16.0 Å². The van der Waals surface area contributed by atoms with Gasteiger partial charge in [0.1, 0.15) is 23.4 Å². The Morgan fingerprint density at radius 2 is 1.90 bits per heavy atom. The zero-order valence-corrected chi connectivity index (χ0v) is 15.9. The van der Waals surface area contributed by atoms with E-state index >= 15 is 0 Å². The predicted octanol–water partition coefficient (Wildman–Crippen LogP) is 2.67. The van der Waals surface area contributed by atoms with Crippen molar-refractivity contribution >= 4 is 28.9 Å². The van der Waals surface area contributed by atoms with E-state index in [9.17, 15) is 18.4 Å². The SMILES string of the molecule is Cc1cc(F)c2c(c1)CCCN2C(=O)C1=NN(c2ccc(F)cc2)C(C(N)=O)C1. The minimum atomic E-state index is -0.869. The Hall–Kier alpha value is -3.29. The molecule has 0 bridgehead atoms. The lowest BCUT2D eigenvalue weighted by Gasteiger charge is -2.30. The van der Waals surface area contributed by atoms with Crippen molar-refractivity contribution in [3.8, 4) is 0 Å². The first-order valence-corrected chi connectivity index (χ1v) is 9.37. The maximum atomic E-state index is 14.7. The molecule has 0 aliphatic carbocycles. The number of nitrogens with zero attached hydrogens (tertiary/aromatic N) is 3. The number of hydrogen-bond acceptors (Lipinski definition) is 4. The van der Waals surface area contributed by atoms with Crippen molar-refractivity contribution in [1.82, 2.24) is 0 Å². The number of halogens is 2. The fraction of sp³-hybridized carbons (Fsp3) is 0.286. The number of carbonyl (C=O) groups excluding carboxylic acids is 2. The lowest BCUT2D eigenvalue weighted by atomic mass is 9.98. The molecule has 0 saturated carbocycles. The Morgan fingerprint density at radius 3 is 2.59 bits per heavy atom. The van der Waals surface area contributed by atoms with Crippen molar-refractivity contribution in [1.29, 1.82) is 0 Å². The van der Waals surface area contributed by atoms with Crippen LogP contribution in [0.3, 0.4) is 0 Å². The van der Waals surface area contributed by atoms with Gasteiger partial charge in [-0.05, 0) is 61.2 Å². The Balaban J connectivity index is 1.68. The molecular weight excluding hydrogens is 378 g/mol. The summed E-state index contributed by atoms with van der Waals surface area (Å²) < 4.78 is 27.9. The number of amides is 2. The van der Waals surface area contributed by atoms with E-state index < -0.39 is 29.5 Å². The largest absolute Gasteiger partial charge is 0.368 e. The quantitative estimate of drug-likeness (QED) is 0.863. The summed E-state index contributed by atoms with van der Waals surface area (Å²) >= 11 is 0. The molecule has 1 unspecified atom stereocenters. The van der Waals surface area contributed by atoms with Crippen molar-refractivity contribution in [2.75, 3.05) is 16.5 Å². The zero-order valence-electron chi connectivity index (χ0n) is 15.9. The fourth-order valence-electron chi connectivity index (χ4n) is 3.89. The van der Waals surface area contributed by atoms with Gasteiger partial charge in [0.2, 0.25) is 5.91 Å². The monoisotopic (exact) mass is 398 g/mol. The lowest BCUT2D eigenvalue weighted by Crippen LogP contribution is -2.42. The topological polar surface area (TPSA) is 79.0 Å². The molecule has 2 heterocycles. The van der Waals surface area contributed by atoms with Gasteiger partial charge >= 0.3 is 0 Å². The number of rotatable bonds is 3. The summed E-state index contributed by atoms with van der Waals surface area (Å²) in [5.74, 6) is -1.99. The number of hydrogen-bond donors (Lipinski definition) is 1. The average Bonchev–Trinajstić information content (AvgIpc) is 3.13. The number of aryl methyl sites for hydroxylation is 2. The normalized spacial score (nSPS) is 18.4. The summed E-state index contributed by atoms with van der Waals surface area (Å²) in [4.78, 5) is 26.5. The second-order valence-electron chi connectivity index (χ2n) is 7.30. The van der Waals surface area contributed by atoms with Gasteiger partial charge < -0.3 is 10.6 Å². The van der Waals surface area contributed by atoms with Crippen LogP contribution in [0, 0.1) is 18.6 Å². The fourth-order valence-corrected chi connectivity index (χ4v) is 3.89. The van der Waals surface area contributed by atoms with Crippen LogP contribution in [0.25, 0.3) is 0 Å². The molecule has 0 aromatic heterocycles. The van der Waals surface area contributed by atoms with Gasteiger partial charge in [0.25, 0.3) is 5.91 Å². The highest BCUT2D eigenvalue weighted by atomic mass is 19.1. The van der Waals surface area contributed by atoms with Gasteiger partial charge in [0, 0.05) is 13.0 Å². The summed E-state index contributed by atoms with van der Waals surface area (Å²) in [7, 11) is 0. The van der Waals surface area contributed by atoms with Crippen molar-refractivity contribution in [3.05, 3.63) is 59.2 Å². The first-order valence-electron chi connectivity index (χ1n) is 9.37. The number of nitrogens with two attached hydrogens (primary N) is 1. The third kappa shape index (κ3) is 3.46. The van der Waals surface area contributed by atoms with Gasteiger partial charge in [0.15, 0.2) is 0 Å². The van der Waals surface area contributed by atoms with Crippen molar-refractivity contribution in [2.24, 2.45) is 10.8 Å². The van der Waals surface area contributed by atoms with E-state index in [1.165, 1.54) is 40.2 Å².